The third kappa shape index (κ3) is 4.05. The lowest BCUT2D eigenvalue weighted by Crippen LogP contribution is -2.38. The molecule has 1 aromatic carbocycles. The Morgan fingerprint density at radius 2 is 2.10 bits per heavy atom. The molecule has 2 heterocycles. The Morgan fingerprint density at radius 1 is 1.29 bits per heavy atom. The first-order valence-corrected chi connectivity index (χ1v) is 8.47. The van der Waals surface area contributed by atoms with Crippen molar-refractivity contribution in [2.24, 2.45) is 0 Å². The van der Waals surface area contributed by atoms with Crippen LogP contribution < -0.4 is 5.32 Å². The van der Waals surface area contributed by atoms with E-state index in [0.717, 1.165) is 24.8 Å². The van der Waals surface area contributed by atoms with Crippen LogP contribution in [0.4, 0.5) is 5.13 Å². The number of benzene rings is 1. The van der Waals surface area contributed by atoms with Crippen molar-refractivity contribution < 1.29 is 0 Å². The van der Waals surface area contributed by atoms with Crippen LogP contribution >= 0.6 is 11.3 Å². The van der Waals surface area contributed by atoms with E-state index in [2.05, 4.69) is 53.3 Å². The second kappa shape index (κ2) is 6.58. The van der Waals surface area contributed by atoms with Crippen LogP contribution in [0.1, 0.15) is 28.8 Å². The average molecular weight is 301 g/mol. The number of aryl methyl sites for hydroxylation is 2. The maximum atomic E-state index is 4.40. The van der Waals surface area contributed by atoms with Gasteiger partial charge in [0.15, 0.2) is 5.13 Å². The fraction of sp³-hybridized carbons (Fsp3) is 0.471. The molecule has 0 saturated carbocycles. The number of nitrogens with zero attached hydrogens (tertiary/aromatic N) is 2. The van der Waals surface area contributed by atoms with Gasteiger partial charge in [-0.25, -0.2) is 4.98 Å². The van der Waals surface area contributed by atoms with Crippen molar-refractivity contribution in [3.05, 3.63) is 46.5 Å². The van der Waals surface area contributed by atoms with E-state index in [0.29, 0.717) is 6.04 Å². The molecule has 4 heteroatoms. The highest BCUT2D eigenvalue weighted by atomic mass is 32.1. The van der Waals surface area contributed by atoms with Crippen molar-refractivity contribution in [1.29, 1.82) is 0 Å². The summed E-state index contributed by atoms with van der Waals surface area (Å²) in [6.07, 6.45) is 4.34. The zero-order chi connectivity index (χ0) is 14.7. The van der Waals surface area contributed by atoms with E-state index < -0.39 is 0 Å². The molecule has 1 aliphatic heterocycles. The fourth-order valence-electron chi connectivity index (χ4n) is 2.90. The summed E-state index contributed by atoms with van der Waals surface area (Å²) in [6, 6.07) is 9.42. The highest BCUT2D eigenvalue weighted by Gasteiger charge is 2.19. The van der Waals surface area contributed by atoms with Gasteiger partial charge in [0, 0.05) is 36.8 Å². The van der Waals surface area contributed by atoms with E-state index in [9.17, 15) is 0 Å². The molecule has 0 unspecified atom stereocenters. The molecule has 0 aliphatic carbocycles. The Hall–Kier alpha value is -1.39. The molecule has 1 aliphatic rings. The van der Waals surface area contributed by atoms with Gasteiger partial charge in [-0.15, -0.1) is 11.3 Å². The fourth-order valence-corrected chi connectivity index (χ4v) is 3.64. The zero-order valence-electron chi connectivity index (χ0n) is 12.8. The number of piperidine rings is 1. The van der Waals surface area contributed by atoms with E-state index >= 15 is 0 Å². The molecule has 1 aromatic heterocycles. The third-order valence-electron chi connectivity index (χ3n) is 4.03. The number of hydrogen-bond donors (Lipinski definition) is 1. The molecule has 1 N–H and O–H groups in total. The van der Waals surface area contributed by atoms with Crippen LogP contribution in [0.3, 0.4) is 0 Å². The Balaban J connectivity index is 1.48. The molecule has 2 aromatic rings. The first-order chi connectivity index (χ1) is 10.2. The van der Waals surface area contributed by atoms with Gasteiger partial charge >= 0.3 is 0 Å². The summed E-state index contributed by atoms with van der Waals surface area (Å²) in [5.41, 5.74) is 2.78. The molecule has 21 heavy (non-hydrogen) atoms. The number of nitrogens with one attached hydrogen (secondary N) is 1. The predicted octanol–water partition coefficient (Wildman–Crippen LogP) is 3.84. The number of aromatic nitrogens is 1. The van der Waals surface area contributed by atoms with Gasteiger partial charge in [-0.1, -0.05) is 29.8 Å². The maximum Gasteiger partial charge on any atom is 0.183 e. The monoisotopic (exact) mass is 301 g/mol. The lowest BCUT2D eigenvalue weighted by atomic mass is 10.0. The van der Waals surface area contributed by atoms with Crippen molar-refractivity contribution in [3.63, 3.8) is 0 Å². The summed E-state index contributed by atoms with van der Waals surface area (Å²) < 4.78 is 0. The first-order valence-electron chi connectivity index (χ1n) is 7.66. The number of rotatable bonds is 4. The summed E-state index contributed by atoms with van der Waals surface area (Å²) >= 11 is 1.75. The molecular weight excluding hydrogens is 278 g/mol. The molecule has 1 fully saturated rings. The summed E-state index contributed by atoms with van der Waals surface area (Å²) in [4.78, 5) is 8.23. The van der Waals surface area contributed by atoms with Gasteiger partial charge in [0.25, 0.3) is 0 Å². The van der Waals surface area contributed by atoms with Gasteiger partial charge in [-0.05, 0) is 32.3 Å². The Labute approximate surface area is 131 Å². The van der Waals surface area contributed by atoms with E-state index in [1.165, 1.54) is 28.8 Å². The topological polar surface area (TPSA) is 28.2 Å². The highest BCUT2D eigenvalue weighted by molar-refractivity contribution is 7.15. The molecule has 1 saturated heterocycles. The van der Waals surface area contributed by atoms with Crippen molar-refractivity contribution in [2.75, 3.05) is 18.4 Å². The van der Waals surface area contributed by atoms with Crippen molar-refractivity contribution in [3.8, 4) is 0 Å². The van der Waals surface area contributed by atoms with Crippen LogP contribution in [-0.2, 0) is 6.54 Å². The SMILES string of the molecule is Cc1cccc(CN2CCC(Nc3ncc(C)s3)CC2)c1. The van der Waals surface area contributed by atoms with Crippen LogP contribution in [0.2, 0.25) is 0 Å². The van der Waals surface area contributed by atoms with Crippen LogP contribution in [-0.4, -0.2) is 29.0 Å². The summed E-state index contributed by atoms with van der Waals surface area (Å²) in [5, 5.41) is 4.65. The Bertz CT molecular complexity index is 585. The normalized spacial score (nSPS) is 17.0. The maximum absolute atomic E-state index is 4.40. The molecule has 3 nitrogen and oxygen atoms in total. The number of likely N-dealkylation sites (tertiary alicyclic amines) is 1. The summed E-state index contributed by atoms with van der Waals surface area (Å²) in [7, 11) is 0. The zero-order valence-corrected chi connectivity index (χ0v) is 13.6. The van der Waals surface area contributed by atoms with Crippen LogP contribution in [0, 0.1) is 13.8 Å². The number of hydrogen-bond acceptors (Lipinski definition) is 4. The highest BCUT2D eigenvalue weighted by Crippen LogP contribution is 2.22. The standard InChI is InChI=1S/C17H23N3S/c1-13-4-3-5-15(10-13)12-20-8-6-16(7-9-20)19-17-18-11-14(2)21-17/h3-5,10-11,16H,6-9,12H2,1-2H3,(H,18,19). The lowest BCUT2D eigenvalue weighted by molar-refractivity contribution is 0.211. The minimum absolute atomic E-state index is 0.573. The largest absolute Gasteiger partial charge is 0.359 e. The Morgan fingerprint density at radius 3 is 2.76 bits per heavy atom. The van der Waals surface area contributed by atoms with Crippen LogP contribution in [0.5, 0.6) is 0 Å². The second-order valence-electron chi connectivity index (χ2n) is 5.96. The predicted molar refractivity (Wildman–Crippen MR) is 90.0 cm³/mol. The lowest BCUT2D eigenvalue weighted by Gasteiger charge is -2.32. The van der Waals surface area contributed by atoms with Gasteiger partial charge in [-0.2, -0.15) is 0 Å². The molecule has 0 atom stereocenters. The molecule has 0 amide bonds. The van der Waals surface area contributed by atoms with Gasteiger partial charge in [0.2, 0.25) is 0 Å². The van der Waals surface area contributed by atoms with Crippen LogP contribution in [0.25, 0.3) is 0 Å². The second-order valence-corrected chi connectivity index (χ2v) is 7.19. The quantitative estimate of drug-likeness (QED) is 0.930. The van der Waals surface area contributed by atoms with Crippen molar-refractivity contribution >= 4 is 16.5 Å². The molecule has 0 radical (unpaired) electrons. The first kappa shape index (κ1) is 14.5. The van der Waals surface area contributed by atoms with Gasteiger partial charge in [-0.3, -0.25) is 4.90 Å². The molecule has 112 valence electrons. The number of thiazole rings is 1. The molecular formula is C17H23N3S. The summed E-state index contributed by atoms with van der Waals surface area (Å²) in [6.45, 7) is 7.67. The average Bonchev–Trinajstić information content (AvgIpc) is 2.86. The van der Waals surface area contributed by atoms with Crippen molar-refractivity contribution in [2.45, 2.75) is 39.3 Å². The van der Waals surface area contributed by atoms with E-state index in [-0.39, 0.29) is 0 Å². The summed E-state index contributed by atoms with van der Waals surface area (Å²) in [5.74, 6) is 0. The molecule has 0 bridgehead atoms. The van der Waals surface area contributed by atoms with Crippen molar-refractivity contribution in [1.82, 2.24) is 9.88 Å². The van der Waals surface area contributed by atoms with Gasteiger partial charge in [0.05, 0.1) is 0 Å². The van der Waals surface area contributed by atoms with Gasteiger partial charge in [0.1, 0.15) is 0 Å². The molecule has 0 spiro atoms. The third-order valence-corrected chi connectivity index (χ3v) is 4.87. The van der Waals surface area contributed by atoms with E-state index in [4.69, 9.17) is 0 Å². The Kier molecular flexibility index (Phi) is 4.56. The van der Waals surface area contributed by atoms with E-state index in [1.54, 1.807) is 11.3 Å². The minimum atomic E-state index is 0.573. The molecule has 3 rings (SSSR count). The minimum Gasteiger partial charge on any atom is -0.359 e. The smallest absolute Gasteiger partial charge is 0.183 e. The van der Waals surface area contributed by atoms with Gasteiger partial charge < -0.3 is 5.32 Å². The number of anilines is 1. The van der Waals surface area contributed by atoms with Crippen LogP contribution in [0.15, 0.2) is 30.5 Å². The van der Waals surface area contributed by atoms with E-state index in [1.807, 2.05) is 6.20 Å².